The van der Waals surface area contributed by atoms with Crippen LogP contribution in [0.15, 0.2) is 74.1 Å². The number of nitrogens with one attached hydrogen (secondary N) is 1. The summed E-state index contributed by atoms with van der Waals surface area (Å²) in [6, 6.07) is 21.6. The minimum Gasteiger partial charge on any atom is -0.442 e. The molecule has 2 fully saturated rings. The van der Waals surface area contributed by atoms with Crippen molar-refractivity contribution in [1.82, 2.24) is 29.7 Å². The molecule has 340 valence electrons. The van der Waals surface area contributed by atoms with E-state index in [0.717, 1.165) is 156 Å². The van der Waals surface area contributed by atoms with Crippen LogP contribution in [0.1, 0.15) is 35.5 Å². The van der Waals surface area contributed by atoms with E-state index in [1.807, 2.05) is 30.3 Å². The minimum absolute atomic E-state index is 0.563. The van der Waals surface area contributed by atoms with Gasteiger partial charge in [0.05, 0.1) is 46.9 Å². The number of benzene rings is 2. The molecule has 0 bridgehead atoms. The number of nitrogens with zero attached hydrogens (tertiary/aromatic N) is 8. The maximum Gasteiger partial charge on any atom is 0.228 e. The third-order valence-corrected chi connectivity index (χ3v) is 15.4. The molecule has 14 nitrogen and oxygen atoms in total. The van der Waals surface area contributed by atoms with Crippen LogP contribution in [0.4, 0.5) is 27.5 Å². The van der Waals surface area contributed by atoms with Crippen molar-refractivity contribution in [1.29, 1.82) is 0 Å². The van der Waals surface area contributed by atoms with E-state index >= 15 is 0 Å². The van der Waals surface area contributed by atoms with Crippen molar-refractivity contribution in [3.63, 3.8) is 0 Å². The second-order valence-electron chi connectivity index (χ2n) is 17.5. The average molecular weight is 980 g/mol. The number of hydrogen-bond acceptors (Lipinski definition) is 16. The Labute approximate surface area is 394 Å². The van der Waals surface area contributed by atoms with Crippen molar-refractivity contribution in [3.05, 3.63) is 87.9 Å². The number of thiazole rings is 2. The van der Waals surface area contributed by atoms with E-state index < -0.39 is 0 Å². The monoisotopic (exact) mass is 978 g/mol. The van der Waals surface area contributed by atoms with Gasteiger partial charge >= 0.3 is 0 Å². The summed E-state index contributed by atoms with van der Waals surface area (Å²) in [5.41, 5.74) is 13.7. The zero-order valence-electron chi connectivity index (χ0n) is 37.3. The number of pyridine rings is 2. The number of fused-ring (bicyclic) bond motifs is 8. The molecular weight excluding hydrogens is 925 g/mol. The Hall–Kier alpha value is -4.88. The van der Waals surface area contributed by atoms with Gasteiger partial charge < -0.3 is 49.0 Å². The molecular formula is C48H55BrN10O4S2. The highest BCUT2D eigenvalue weighted by Crippen LogP contribution is 2.36. The Morgan fingerprint density at radius 1 is 0.646 bits per heavy atom. The number of morpholine rings is 2. The topological polar surface area (TPSA) is 147 Å². The second-order valence-corrected chi connectivity index (χ2v) is 20.3. The lowest BCUT2D eigenvalue weighted by Crippen LogP contribution is -2.36. The molecule has 2 saturated heterocycles. The summed E-state index contributed by atoms with van der Waals surface area (Å²) in [5, 5.41) is 7.89. The predicted octanol–water partition coefficient (Wildman–Crippen LogP) is 9.16. The molecule has 6 aromatic heterocycles. The highest BCUT2D eigenvalue weighted by molar-refractivity contribution is 9.10. The molecule has 0 saturated carbocycles. The van der Waals surface area contributed by atoms with E-state index in [4.69, 9.17) is 34.0 Å². The number of hydrogen-bond donors (Lipinski definition) is 2. The standard InChI is InChI=1S/C24H27N5O2S.C13H15BrN2O.C11H13N3OS/c1-28(2)16-4-6-20-18(14-16)17-5-8-22(27-23(17)31-20)25-15-3-7-21-19(13-15)26-24(32-21)29-9-11-30-12-10-29;1-16(2)8-3-5-11-10(7-8)9-4-6-12(14)15-13(9)17-11;12-8-1-2-10-9(7-8)13-11(16-10)14-3-5-15-6-4-14/h3,5,7-8,13,16H,4,6,9-12,14H2,1-2H3,(H,25,27);4,6,8H,3,5,7H2,1-2H3;1-2,7H,3-6,12H2. The first kappa shape index (κ1) is 44.0. The zero-order chi connectivity index (χ0) is 44.6. The molecule has 4 aliphatic rings. The van der Waals surface area contributed by atoms with Crippen LogP contribution in [0.3, 0.4) is 0 Å². The SMILES string of the molecule is CN(C)C1CCc2oc3nc(Br)ccc3c2C1.CN(C)C1CCc2oc3nc(Nc4ccc5sc(N6CCOCC6)nc5c4)ccc3c2C1.Nc1ccc2sc(N3CCOCC3)nc2c1. The molecule has 65 heavy (non-hydrogen) atoms. The smallest absolute Gasteiger partial charge is 0.228 e. The number of rotatable bonds is 6. The highest BCUT2D eigenvalue weighted by Gasteiger charge is 2.27. The van der Waals surface area contributed by atoms with Gasteiger partial charge in [-0.15, -0.1) is 0 Å². The summed E-state index contributed by atoms with van der Waals surface area (Å²) in [4.78, 5) is 27.8. The quantitative estimate of drug-likeness (QED) is 0.121. The van der Waals surface area contributed by atoms with E-state index in [0.29, 0.717) is 12.1 Å². The van der Waals surface area contributed by atoms with E-state index in [2.05, 4.69) is 109 Å². The van der Waals surface area contributed by atoms with Crippen LogP contribution < -0.4 is 20.9 Å². The highest BCUT2D eigenvalue weighted by atomic mass is 79.9. The molecule has 2 aromatic carbocycles. The van der Waals surface area contributed by atoms with Gasteiger partial charge in [-0.1, -0.05) is 22.7 Å². The molecule has 3 N–H and O–H groups in total. The van der Waals surface area contributed by atoms with E-state index in [1.165, 1.54) is 32.3 Å². The van der Waals surface area contributed by atoms with Crippen LogP contribution in [0.2, 0.25) is 0 Å². The average Bonchev–Trinajstić information content (AvgIpc) is 4.11. The number of nitrogens with two attached hydrogens (primary N) is 1. The van der Waals surface area contributed by atoms with Crippen LogP contribution in [-0.2, 0) is 35.2 Å². The number of furan rings is 2. The molecule has 2 atom stereocenters. The number of aryl methyl sites for hydroxylation is 2. The van der Waals surface area contributed by atoms with Crippen LogP contribution in [0, 0.1) is 0 Å². The first-order valence-electron chi connectivity index (χ1n) is 22.4. The first-order chi connectivity index (χ1) is 31.6. The van der Waals surface area contributed by atoms with Crippen molar-refractivity contribution in [3.8, 4) is 0 Å². The van der Waals surface area contributed by atoms with Crippen LogP contribution in [-0.4, -0.2) is 123 Å². The van der Waals surface area contributed by atoms with Gasteiger partial charge in [0.25, 0.3) is 0 Å². The van der Waals surface area contributed by atoms with Crippen molar-refractivity contribution in [2.75, 3.05) is 102 Å². The Morgan fingerprint density at radius 3 is 1.74 bits per heavy atom. The fourth-order valence-corrected chi connectivity index (χ4v) is 11.3. The number of halogens is 1. The predicted molar refractivity (Wildman–Crippen MR) is 268 cm³/mol. The molecule has 2 aliphatic heterocycles. The van der Waals surface area contributed by atoms with Gasteiger partial charge in [-0.05, 0) is 130 Å². The van der Waals surface area contributed by atoms with E-state index in [1.54, 1.807) is 22.7 Å². The molecule has 0 amide bonds. The lowest BCUT2D eigenvalue weighted by molar-refractivity contribution is 0.122. The van der Waals surface area contributed by atoms with Gasteiger partial charge in [0.15, 0.2) is 10.3 Å². The van der Waals surface area contributed by atoms with Crippen molar-refractivity contribution >= 4 is 109 Å². The fraction of sp³-hybridized carbons (Fsp3) is 0.417. The number of nitrogen functional groups attached to an aromatic ring is 1. The largest absolute Gasteiger partial charge is 0.442 e. The third-order valence-electron chi connectivity index (χ3n) is 12.8. The van der Waals surface area contributed by atoms with Gasteiger partial charge in [0, 0.05) is 84.4 Å². The molecule has 2 unspecified atom stereocenters. The maximum atomic E-state index is 6.14. The maximum absolute atomic E-state index is 6.14. The Bertz CT molecular complexity index is 2930. The first-order valence-corrected chi connectivity index (χ1v) is 24.8. The molecule has 0 spiro atoms. The summed E-state index contributed by atoms with van der Waals surface area (Å²) in [7, 11) is 8.60. The summed E-state index contributed by atoms with van der Waals surface area (Å²) in [6.45, 7) is 6.76. The number of aromatic nitrogens is 4. The van der Waals surface area contributed by atoms with E-state index in [-0.39, 0.29) is 0 Å². The van der Waals surface area contributed by atoms with Gasteiger partial charge in [-0.25, -0.2) is 15.0 Å². The second kappa shape index (κ2) is 19.1. The van der Waals surface area contributed by atoms with E-state index in [9.17, 15) is 0 Å². The van der Waals surface area contributed by atoms with Gasteiger partial charge in [0.2, 0.25) is 11.4 Å². The molecule has 8 heterocycles. The Morgan fingerprint density at radius 2 is 1.17 bits per heavy atom. The number of anilines is 5. The fourth-order valence-electron chi connectivity index (χ4n) is 9.06. The van der Waals surface area contributed by atoms with Gasteiger partial charge in [-0.2, -0.15) is 4.98 Å². The summed E-state index contributed by atoms with van der Waals surface area (Å²) in [5.74, 6) is 3.02. The third kappa shape index (κ3) is 9.69. The lowest BCUT2D eigenvalue weighted by atomic mass is 9.91. The van der Waals surface area contributed by atoms with Crippen molar-refractivity contribution < 1.29 is 18.3 Å². The molecule has 17 heteroatoms. The molecule has 2 aliphatic carbocycles. The lowest BCUT2D eigenvalue weighted by Gasteiger charge is -2.27. The summed E-state index contributed by atoms with van der Waals surface area (Å²) >= 11 is 6.83. The normalized spacial score (nSPS) is 18.8. The van der Waals surface area contributed by atoms with Crippen LogP contribution in [0.5, 0.6) is 0 Å². The number of ether oxygens (including phenoxy) is 2. The van der Waals surface area contributed by atoms with Gasteiger partial charge in [0.1, 0.15) is 21.9 Å². The summed E-state index contributed by atoms with van der Waals surface area (Å²) in [6.07, 6.45) is 6.38. The van der Waals surface area contributed by atoms with Crippen molar-refractivity contribution in [2.45, 2.75) is 50.6 Å². The van der Waals surface area contributed by atoms with Crippen molar-refractivity contribution in [2.24, 2.45) is 0 Å². The van der Waals surface area contributed by atoms with Crippen LogP contribution >= 0.6 is 38.6 Å². The van der Waals surface area contributed by atoms with Crippen LogP contribution in [0.25, 0.3) is 42.6 Å². The van der Waals surface area contributed by atoms with Gasteiger partial charge in [-0.3, -0.25) is 0 Å². The Kier molecular flexibility index (Phi) is 13.0. The zero-order valence-corrected chi connectivity index (χ0v) is 40.5. The molecule has 12 rings (SSSR count). The minimum atomic E-state index is 0.563. The Balaban J connectivity index is 0.000000127. The summed E-state index contributed by atoms with van der Waals surface area (Å²) < 4.78 is 26.0. The molecule has 8 aromatic rings. The molecule has 0 radical (unpaired) electrons. The number of likely N-dealkylation sites (N-methyl/N-ethyl adjacent to an activating group) is 2.